The molecule has 0 fully saturated rings. The molecule has 5 N–H and O–H groups in total. The van der Waals surface area contributed by atoms with Crippen molar-refractivity contribution in [2.24, 2.45) is 0 Å². The first-order valence-corrected chi connectivity index (χ1v) is 10.2. The van der Waals surface area contributed by atoms with E-state index in [4.69, 9.17) is 12.3 Å². The van der Waals surface area contributed by atoms with E-state index in [1.165, 1.54) is 6.20 Å². The number of nitrogens with two attached hydrogens (primary N) is 1. The lowest BCUT2D eigenvalue weighted by Gasteiger charge is -2.23. The van der Waals surface area contributed by atoms with Crippen LogP contribution in [0.2, 0.25) is 0 Å². The minimum atomic E-state index is -0.391. The molecule has 0 aliphatic carbocycles. The van der Waals surface area contributed by atoms with Crippen LogP contribution in [-0.4, -0.2) is 40.1 Å². The van der Waals surface area contributed by atoms with E-state index in [0.29, 0.717) is 35.7 Å². The molecular formula is C24H24N6O3. The van der Waals surface area contributed by atoms with Crippen molar-refractivity contribution in [1.82, 2.24) is 9.88 Å². The second-order valence-electron chi connectivity index (χ2n) is 7.18. The smallest absolute Gasteiger partial charge is 0.322 e. The molecule has 0 unspecified atom stereocenters. The van der Waals surface area contributed by atoms with Crippen LogP contribution < -0.4 is 16.4 Å². The van der Waals surface area contributed by atoms with Gasteiger partial charge < -0.3 is 26.4 Å². The van der Waals surface area contributed by atoms with Crippen LogP contribution in [0, 0.1) is 6.57 Å². The zero-order valence-corrected chi connectivity index (χ0v) is 17.9. The number of urea groups is 1. The molecule has 0 bridgehead atoms. The van der Waals surface area contributed by atoms with Crippen LogP contribution in [0.15, 0.2) is 66.9 Å². The lowest BCUT2D eigenvalue weighted by Crippen LogP contribution is -2.35. The number of para-hydroxylation sites is 2. The summed E-state index contributed by atoms with van der Waals surface area (Å²) >= 11 is 0. The van der Waals surface area contributed by atoms with Gasteiger partial charge in [0.15, 0.2) is 5.69 Å². The Balaban J connectivity index is 1.65. The maximum atomic E-state index is 12.8. The highest BCUT2D eigenvalue weighted by molar-refractivity contribution is 6.04. The van der Waals surface area contributed by atoms with Crippen molar-refractivity contribution >= 4 is 34.7 Å². The second-order valence-corrected chi connectivity index (χ2v) is 7.18. The summed E-state index contributed by atoms with van der Waals surface area (Å²) in [6.07, 6.45) is 1.95. The van der Waals surface area contributed by atoms with Crippen LogP contribution in [0.5, 0.6) is 0 Å². The van der Waals surface area contributed by atoms with Crippen LogP contribution >= 0.6 is 0 Å². The summed E-state index contributed by atoms with van der Waals surface area (Å²) in [5.41, 5.74) is 8.80. The maximum absolute atomic E-state index is 12.8. The van der Waals surface area contributed by atoms with E-state index in [-0.39, 0.29) is 24.9 Å². The molecule has 3 aromatic rings. The lowest BCUT2D eigenvalue weighted by atomic mass is 10.2. The summed E-state index contributed by atoms with van der Waals surface area (Å²) in [6.45, 7) is 7.52. The highest BCUT2D eigenvalue weighted by atomic mass is 16.3. The third-order valence-electron chi connectivity index (χ3n) is 4.76. The summed E-state index contributed by atoms with van der Waals surface area (Å²) in [5.74, 6) is -0.391. The number of amides is 3. The molecule has 9 nitrogen and oxygen atoms in total. The molecular weight excluding hydrogens is 420 g/mol. The van der Waals surface area contributed by atoms with E-state index >= 15 is 0 Å². The molecule has 0 atom stereocenters. The number of hydrogen-bond donors (Lipinski definition) is 4. The highest BCUT2D eigenvalue weighted by Crippen LogP contribution is 2.18. The van der Waals surface area contributed by atoms with Crippen molar-refractivity contribution in [3.63, 3.8) is 0 Å². The Kier molecular flexibility index (Phi) is 7.94. The second kappa shape index (κ2) is 11.3. The van der Waals surface area contributed by atoms with Crippen molar-refractivity contribution < 1.29 is 14.7 Å². The van der Waals surface area contributed by atoms with Crippen molar-refractivity contribution in [1.29, 1.82) is 0 Å². The summed E-state index contributed by atoms with van der Waals surface area (Å²) in [7, 11) is 0. The number of anilines is 3. The van der Waals surface area contributed by atoms with Gasteiger partial charge in [-0.15, -0.1) is 0 Å². The van der Waals surface area contributed by atoms with Crippen molar-refractivity contribution in [3.8, 4) is 0 Å². The largest absolute Gasteiger partial charge is 0.397 e. The topological polar surface area (TPSA) is 125 Å². The Morgan fingerprint density at radius 1 is 1.06 bits per heavy atom. The number of carbonyl (C=O) groups is 2. The molecule has 2 aromatic carbocycles. The predicted molar refractivity (Wildman–Crippen MR) is 127 cm³/mol. The molecule has 33 heavy (non-hydrogen) atoms. The Bertz CT molecular complexity index is 1140. The molecule has 3 rings (SSSR count). The third kappa shape index (κ3) is 6.53. The van der Waals surface area contributed by atoms with Gasteiger partial charge in [0.05, 0.1) is 17.9 Å². The van der Waals surface area contributed by atoms with Crippen LogP contribution in [-0.2, 0) is 6.54 Å². The van der Waals surface area contributed by atoms with Crippen molar-refractivity contribution in [3.05, 3.63) is 89.5 Å². The molecule has 1 aromatic heterocycles. The van der Waals surface area contributed by atoms with Gasteiger partial charge in [-0.3, -0.25) is 9.78 Å². The van der Waals surface area contributed by atoms with Gasteiger partial charge in [-0.05, 0) is 42.3 Å². The number of benzene rings is 2. The minimum absolute atomic E-state index is 0.0521. The molecule has 0 spiro atoms. The number of aromatic nitrogens is 1. The summed E-state index contributed by atoms with van der Waals surface area (Å²) in [4.78, 5) is 34.3. The number of nitrogens with zero attached hydrogens (tertiary/aromatic N) is 3. The molecule has 0 aliphatic heterocycles. The zero-order chi connectivity index (χ0) is 23.6. The molecule has 0 aliphatic rings. The monoisotopic (exact) mass is 444 g/mol. The molecule has 3 amide bonds. The molecule has 1 heterocycles. The Labute approximate surface area is 191 Å². The van der Waals surface area contributed by atoms with Gasteiger partial charge in [0.2, 0.25) is 0 Å². The van der Waals surface area contributed by atoms with E-state index in [1.54, 1.807) is 65.6 Å². The highest BCUT2D eigenvalue weighted by Gasteiger charge is 2.15. The first-order chi connectivity index (χ1) is 16.0. The van der Waals surface area contributed by atoms with E-state index in [2.05, 4.69) is 20.5 Å². The van der Waals surface area contributed by atoms with Gasteiger partial charge in [-0.25, -0.2) is 9.64 Å². The molecule has 0 radical (unpaired) electrons. The van der Waals surface area contributed by atoms with E-state index in [1.807, 2.05) is 0 Å². The Morgan fingerprint density at radius 2 is 1.82 bits per heavy atom. The van der Waals surface area contributed by atoms with Gasteiger partial charge in [-0.2, -0.15) is 0 Å². The molecule has 0 saturated carbocycles. The van der Waals surface area contributed by atoms with Gasteiger partial charge in [-0.1, -0.05) is 30.3 Å². The number of pyridine rings is 1. The first kappa shape index (κ1) is 23.2. The summed E-state index contributed by atoms with van der Waals surface area (Å²) < 4.78 is 0. The summed E-state index contributed by atoms with van der Waals surface area (Å²) in [5, 5.41) is 14.7. The normalized spacial score (nSPS) is 10.2. The fourth-order valence-corrected chi connectivity index (χ4v) is 3.01. The molecule has 168 valence electrons. The summed E-state index contributed by atoms with van der Waals surface area (Å²) in [6, 6.07) is 16.5. The van der Waals surface area contributed by atoms with Gasteiger partial charge >= 0.3 is 6.03 Å². The number of nitrogen functional groups attached to an aromatic ring is 1. The van der Waals surface area contributed by atoms with Crippen molar-refractivity contribution in [2.75, 3.05) is 29.5 Å². The number of hydrogen-bond acceptors (Lipinski definition) is 5. The van der Waals surface area contributed by atoms with Crippen LogP contribution in [0.3, 0.4) is 0 Å². The number of nitrogens with one attached hydrogen (secondary N) is 2. The third-order valence-corrected chi connectivity index (χ3v) is 4.76. The quantitative estimate of drug-likeness (QED) is 0.310. The molecule has 9 heteroatoms. The lowest BCUT2D eigenvalue weighted by molar-refractivity contribution is 0.102. The number of carbonyl (C=O) groups excluding carboxylic acids is 2. The number of rotatable bonds is 8. The van der Waals surface area contributed by atoms with Gasteiger partial charge in [0.1, 0.15) is 5.69 Å². The fourth-order valence-electron chi connectivity index (χ4n) is 3.01. The zero-order valence-electron chi connectivity index (χ0n) is 17.9. The molecule has 0 saturated heterocycles. The first-order valence-electron chi connectivity index (χ1n) is 10.2. The number of aliphatic hydroxyl groups excluding tert-OH is 1. The van der Waals surface area contributed by atoms with Crippen LogP contribution in [0.4, 0.5) is 27.5 Å². The Hall–Kier alpha value is -4.42. The van der Waals surface area contributed by atoms with E-state index in [9.17, 15) is 14.7 Å². The minimum Gasteiger partial charge on any atom is -0.397 e. The SMILES string of the molecule is [C-]#[N+]c1ccc(NC(=O)N(CCCO)Cc2ccc(C(=O)Nc3ccccc3N)nc2)cc1. The maximum Gasteiger partial charge on any atom is 0.322 e. The van der Waals surface area contributed by atoms with Crippen LogP contribution in [0.1, 0.15) is 22.5 Å². The van der Waals surface area contributed by atoms with Gasteiger partial charge in [0.25, 0.3) is 5.91 Å². The van der Waals surface area contributed by atoms with Gasteiger partial charge in [0, 0.05) is 31.6 Å². The number of aliphatic hydroxyl groups is 1. The average Bonchev–Trinajstić information content (AvgIpc) is 2.84. The Morgan fingerprint density at radius 3 is 2.45 bits per heavy atom. The fraction of sp³-hybridized carbons (Fsp3) is 0.167. The predicted octanol–water partition coefficient (Wildman–Crippen LogP) is 3.88. The van der Waals surface area contributed by atoms with E-state index in [0.717, 1.165) is 5.56 Å². The standard InChI is InChI=1S/C24H24N6O3/c1-26-18-8-10-19(11-9-18)28-24(33)30(13-4-14-31)16-17-7-12-22(27-15-17)23(32)29-21-6-3-2-5-20(21)25/h2-3,5-12,15,31H,4,13-14,16,25H2,(H,28,33)(H,29,32). The van der Waals surface area contributed by atoms with Crippen LogP contribution in [0.25, 0.3) is 4.85 Å². The van der Waals surface area contributed by atoms with Crippen molar-refractivity contribution in [2.45, 2.75) is 13.0 Å². The average molecular weight is 444 g/mol. The van der Waals surface area contributed by atoms with E-state index < -0.39 is 5.91 Å².